The molecule has 2 aliphatic rings. The Labute approximate surface area is 182 Å². The van der Waals surface area contributed by atoms with Crippen LogP contribution in [0.15, 0.2) is 42.7 Å². The van der Waals surface area contributed by atoms with Crippen molar-refractivity contribution in [2.75, 3.05) is 13.1 Å². The maximum Gasteiger partial charge on any atom is 0.255 e. The van der Waals surface area contributed by atoms with E-state index >= 15 is 0 Å². The van der Waals surface area contributed by atoms with Gasteiger partial charge in [0.05, 0.1) is 11.1 Å². The standard InChI is InChI=1S/C25H28N4O2/c30-24(27-16-17-5-4-12-26-15-17)18-10-13-29(14-11-18)25(31)21-8-3-7-20-19-6-1-2-9-22(19)28-23(20)21/h3-5,7-8,12,15,18,28H,1-2,6,9-11,13-14,16H2,(H,27,30). The van der Waals surface area contributed by atoms with E-state index in [0.29, 0.717) is 32.5 Å². The molecule has 160 valence electrons. The zero-order valence-corrected chi connectivity index (χ0v) is 17.7. The van der Waals surface area contributed by atoms with Gasteiger partial charge in [-0.1, -0.05) is 18.2 Å². The molecule has 1 saturated heterocycles. The molecule has 1 aliphatic heterocycles. The Morgan fingerprint density at radius 2 is 1.94 bits per heavy atom. The van der Waals surface area contributed by atoms with Crippen LogP contribution in [0.25, 0.3) is 10.9 Å². The molecule has 31 heavy (non-hydrogen) atoms. The number of carbonyl (C=O) groups excluding carboxylic acids is 2. The number of aryl methyl sites for hydroxylation is 2. The summed E-state index contributed by atoms with van der Waals surface area (Å²) in [5.74, 6) is 0.0860. The number of H-pyrrole nitrogens is 1. The van der Waals surface area contributed by atoms with Gasteiger partial charge in [0.1, 0.15) is 0 Å². The molecule has 0 radical (unpaired) electrons. The lowest BCUT2D eigenvalue weighted by Crippen LogP contribution is -2.43. The smallest absolute Gasteiger partial charge is 0.255 e. The second-order valence-corrected chi connectivity index (χ2v) is 8.66. The van der Waals surface area contributed by atoms with Gasteiger partial charge in [-0.25, -0.2) is 0 Å². The average molecular weight is 417 g/mol. The predicted molar refractivity (Wildman–Crippen MR) is 120 cm³/mol. The molecule has 0 saturated carbocycles. The van der Waals surface area contributed by atoms with Crippen molar-refractivity contribution < 1.29 is 9.59 Å². The number of para-hydroxylation sites is 1. The van der Waals surface area contributed by atoms with Crippen LogP contribution in [-0.2, 0) is 24.2 Å². The Bertz CT molecular complexity index is 1100. The first kappa shape index (κ1) is 19.8. The number of hydrogen-bond acceptors (Lipinski definition) is 3. The van der Waals surface area contributed by atoms with Gasteiger partial charge in [-0.15, -0.1) is 0 Å². The van der Waals surface area contributed by atoms with Crippen LogP contribution in [0.3, 0.4) is 0 Å². The first-order valence-corrected chi connectivity index (χ1v) is 11.3. The summed E-state index contributed by atoms with van der Waals surface area (Å²) in [7, 11) is 0. The largest absolute Gasteiger partial charge is 0.358 e. The highest BCUT2D eigenvalue weighted by atomic mass is 16.2. The summed E-state index contributed by atoms with van der Waals surface area (Å²) in [5.41, 5.74) is 5.41. The van der Waals surface area contributed by atoms with Crippen molar-refractivity contribution in [3.63, 3.8) is 0 Å². The molecule has 6 heteroatoms. The molecular formula is C25H28N4O2. The molecule has 0 spiro atoms. The zero-order chi connectivity index (χ0) is 21.2. The number of fused-ring (bicyclic) bond motifs is 3. The van der Waals surface area contributed by atoms with Crippen molar-refractivity contribution >= 4 is 22.7 Å². The Hall–Kier alpha value is -3.15. The monoisotopic (exact) mass is 416 g/mol. The Morgan fingerprint density at radius 1 is 1.10 bits per heavy atom. The van der Waals surface area contributed by atoms with Crippen LogP contribution in [0, 0.1) is 5.92 Å². The minimum absolute atomic E-state index is 0.0469. The number of hydrogen-bond donors (Lipinski definition) is 2. The fourth-order valence-electron chi connectivity index (χ4n) is 4.96. The van der Waals surface area contributed by atoms with Crippen LogP contribution in [0.4, 0.5) is 0 Å². The van der Waals surface area contributed by atoms with E-state index in [1.54, 1.807) is 12.4 Å². The molecule has 2 aromatic heterocycles. The third-order valence-corrected chi connectivity index (χ3v) is 6.71. The lowest BCUT2D eigenvalue weighted by atomic mass is 9.94. The van der Waals surface area contributed by atoms with Gasteiger partial charge in [0.2, 0.25) is 5.91 Å². The van der Waals surface area contributed by atoms with Crippen LogP contribution >= 0.6 is 0 Å². The first-order valence-electron chi connectivity index (χ1n) is 11.3. The van der Waals surface area contributed by atoms with E-state index in [0.717, 1.165) is 29.5 Å². The van der Waals surface area contributed by atoms with Crippen molar-refractivity contribution in [3.05, 3.63) is 65.1 Å². The van der Waals surface area contributed by atoms with E-state index in [2.05, 4.69) is 21.4 Å². The van der Waals surface area contributed by atoms with Gasteiger partial charge in [-0.2, -0.15) is 0 Å². The van der Waals surface area contributed by atoms with E-state index in [9.17, 15) is 9.59 Å². The highest BCUT2D eigenvalue weighted by Crippen LogP contribution is 2.31. The Kier molecular flexibility index (Phi) is 5.45. The van der Waals surface area contributed by atoms with Crippen LogP contribution < -0.4 is 5.32 Å². The summed E-state index contributed by atoms with van der Waals surface area (Å²) in [6.07, 6.45) is 9.46. The van der Waals surface area contributed by atoms with Crippen LogP contribution in [-0.4, -0.2) is 39.8 Å². The number of carbonyl (C=O) groups is 2. The van der Waals surface area contributed by atoms with Gasteiger partial charge in [-0.05, 0) is 61.8 Å². The van der Waals surface area contributed by atoms with Crippen molar-refractivity contribution in [2.45, 2.75) is 45.1 Å². The number of likely N-dealkylation sites (tertiary alicyclic amines) is 1. The first-order chi connectivity index (χ1) is 15.2. The fourth-order valence-corrected chi connectivity index (χ4v) is 4.96. The van der Waals surface area contributed by atoms with Crippen LogP contribution in [0.2, 0.25) is 0 Å². The maximum atomic E-state index is 13.3. The van der Waals surface area contributed by atoms with E-state index in [1.807, 2.05) is 29.2 Å². The molecule has 1 aliphatic carbocycles. The number of piperidine rings is 1. The van der Waals surface area contributed by atoms with Gasteiger partial charge in [0.15, 0.2) is 0 Å². The number of aromatic amines is 1. The number of rotatable bonds is 4. The van der Waals surface area contributed by atoms with E-state index in [1.165, 1.54) is 29.5 Å². The molecule has 2 N–H and O–H groups in total. The summed E-state index contributed by atoms with van der Waals surface area (Å²) in [6.45, 7) is 1.71. The predicted octanol–water partition coefficient (Wildman–Crippen LogP) is 3.61. The molecule has 6 nitrogen and oxygen atoms in total. The number of nitrogens with one attached hydrogen (secondary N) is 2. The van der Waals surface area contributed by atoms with Gasteiger partial charge in [0, 0.05) is 49.0 Å². The average Bonchev–Trinajstić information content (AvgIpc) is 3.22. The zero-order valence-electron chi connectivity index (χ0n) is 17.7. The number of benzene rings is 1. The number of amides is 2. The lowest BCUT2D eigenvalue weighted by Gasteiger charge is -2.31. The van der Waals surface area contributed by atoms with Crippen molar-refractivity contribution in [2.24, 2.45) is 5.92 Å². The van der Waals surface area contributed by atoms with Gasteiger partial charge in [0.25, 0.3) is 5.91 Å². The molecule has 3 aromatic rings. The summed E-state index contributed by atoms with van der Waals surface area (Å²) >= 11 is 0. The molecule has 3 heterocycles. The molecule has 1 aromatic carbocycles. The van der Waals surface area contributed by atoms with Crippen molar-refractivity contribution in [3.8, 4) is 0 Å². The van der Waals surface area contributed by atoms with E-state index in [-0.39, 0.29) is 17.7 Å². The summed E-state index contributed by atoms with van der Waals surface area (Å²) < 4.78 is 0. The molecule has 2 amide bonds. The van der Waals surface area contributed by atoms with Gasteiger partial charge < -0.3 is 15.2 Å². The second-order valence-electron chi connectivity index (χ2n) is 8.66. The summed E-state index contributed by atoms with van der Waals surface area (Å²) in [6, 6.07) is 9.88. The second kappa shape index (κ2) is 8.53. The van der Waals surface area contributed by atoms with E-state index < -0.39 is 0 Å². The quantitative estimate of drug-likeness (QED) is 0.682. The summed E-state index contributed by atoms with van der Waals surface area (Å²) in [5, 5.41) is 4.21. The molecular weight excluding hydrogens is 388 g/mol. The minimum Gasteiger partial charge on any atom is -0.358 e. The SMILES string of the molecule is O=C(NCc1cccnc1)C1CCN(C(=O)c2cccc3c4c([nH]c23)CCCC4)CC1. The number of nitrogens with zero attached hydrogens (tertiary/aromatic N) is 2. The van der Waals surface area contributed by atoms with Crippen molar-refractivity contribution in [1.82, 2.24) is 20.2 Å². The molecule has 1 fully saturated rings. The van der Waals surface area contributed by atoms with Crippen molar-refractivity contribution in [1.29, 1.82) is 0 Å². The highest BCUT2D eigenvalue weighted by molar-refractivity contribution is 6.07. The van der Waals surface area contributed by atoms with Gasteiger partial charge >= 0.3 is 0 Å². The Balaban J connectivity index is 1.23. The third-order valence-electron chi connectivity index (χ3n) is 6.71. The number of pyridine rings is 1. The number of aromatic nitrogens is 2. The minimum atomic E-state index is -0.0469. The third kappa shape index (κ3) is 3.94. The van der Waals surface area contributed by atoms with E-state index in [4.69, 9.17) is 0 Å². The normalized spacial score (nSPS) is 16.8. The van der Waals surface area contributed by atoms with Crippen LogP contribution in [0.5, 0.6) is 0 Å². The summed E-state index contributed by atoms with van der Waals surface area (Å²) in [4.78, 5) is 35.4. The topological polar surface area (TPSA) is 78.1 Å². The molecule has 5 rings (SSSR count). The fraction of sp³-hybridized carbons (Fsp3) is 0.400. The lowest BCUT2D eigenvalue weighted by molar-refractivity contribution is -0.126. The Morgan fingerprint density at radius 3 is 2.74 bits per heavy atom. The van der Waals surface area contributed by atoms with Crippen LogP contribution in [0.1, 0.15) is 52.9 Å². The molecule has 0 atom stereocenters. The van der Waals surface area contributed by atoms with Gasteiger partial charge in [-0.3, -0.25) is 14.6 Å². The molecule has 0 bridgehead atoms. The highest BCUT2D eigenvalue weighted by Gasteiger charge is 2.29. The maximum absolute atomic E-state index is 13.3. The molecule has 0 unspecified atom stereocenters.